The number of nitrogens with zero attached hydrogens (tertiary/aromatic N) is 2. The molecule has 7 heteroatoms. The Kier molecular flexibility index (Phi) is 7.96. The van der Waals surface area contributed by atoms with Crippen LogP contribution >= 0.6 is 11.3 Å². The first-order valence-corrected chi connectivity index (χ1v) is 12.5. The molecule has 0 bridgehead atoms. The van der Waals surface area contributed by atoms with Gasteiger partial charge in [0.1, 0.15) is 11.3 Å². The topological polar surface area (TPSA) is 63.7 Å². The summed E-state index contributed by atoms with van der Waals surface area (Å²) >= 11 is 1.55. The fourth-order valence-electron chi connectivity index (χ4n) is 4.52. The molecule has 1 heterocycles. The van der Waals surface area contributed by atoms with Crippen LogP contribution in [-0.2, 0) is 11.3 Å². The van der Waals surface area contributed by atoms with Crippen LogP contribution in [0.25, 0.3) is 10.2 Å². The van der Waals surface area contributed by atoms with Gasteiger partial charge in [-0.2, -0.15) is 0 Å². The molecule has 1 amide bonds. The minimum Gasteiger partial charge on any atom is -0.494 e. The molecule has 0 aliphatic heterocycles. The quantitative estimate of drug-likeness (QED) is 0.438. The molecule has 6 nitrogen and oxygen atoms in total. The number of likely N-dealkylation sites (N-methyl/N-ethyl adjacent to an activating group) is 1. The van der Waals surface area contributed by atoms with E-state index in [-0.39, 0.29) is 5.91 Å². The van der Waals surface area contributed by atoms with E-state index in [0.29, 0.717) is 23.2 Å². The van der Waals surface area contributed by atoms with Gasteiger partial charge in [0.05, 0.1) is 18.4 Å². The first-order valence-electron chi connectivity index (χ1n) is 11.6. The van der Waals surface area contributed by atoms with Gasteiger partial charge in [-0.25, -0.2) is 4.98 Å². The van der Waals surface area contributed by atoms with E-state index in [1.165, 1.54) is 37.7 Å². The number of carbonyl (C=O) groups is 1. The van der Waals surface area contributed by atoms with Crippen LogP contribution in [-0.4, -0.2) is 50.2 Å². The second-order valence-electron chi connectivity index (χ2n) is 8.77. The lowest BCUT2D eigenvalue weighted by Crippen LogP contribution is -2.22. The number of ether oxygens (including phenoxy) is 2. The predicted molar refractivity (Wildman–Crippen MR) is 135 cm³/mol. The molecule has 0 spiro atoms. The van der Waals surface area contributed by atoms with Crippen molar-refractivity contribution in [2.24, 2.45) is 0 Å². The smallest absolute Gasteiger partial charge is 0.257 e. The molecule has 1 saturated carbocycles. The van der Waals surface area contributed by atoms with Gasteiger partial charge in [0.2, 0.25) is 0 Å². The summed E-state index contributed by atoms with van der Waals surface area (Å²) in [6.45, 7) is 2.38. The zero-order chi connectivity index (χ0) is 23.2. The Morgan fingerprint density at radius 3 is 2.58 bits per heavy atom. The molecule has 1 N–H and O–H groups in total. The van der Waals surface area contributed by atoms with Gasteiger partial charge < -0.3 is 9.47 Å². The van der Waals surface area contributed by atoms with Crippen LogP contribution in [0, 0.1) is 0 Å². The summed E-state index contributed by atoms with van der Waals surface area (Å²) < 4.78 is 11.8. The fraction of sp³-hybridized carbons (Fsp3) is 0.462. The highest BCUT2D eigenvalue weighted by molar-refractivity contribution is 7.22. The standard InChI is InChI=1S/C26H33N3O3S/c1-29(15-16-31-2)17-18-9-11-20(12-10-18)25(30)28-26-27-23-22(32-3)14-13-21(24(23)33-26)19-7-5-4-6-8-19/h9-14,19H,4-8,15-17H2,1-3H3,(H,27,28,30). The Hall–Kier alpha value is -2.48. The number of hydrogen-bond acceptors (Lipinski definition) is 6. The summed E-state index contributed by atoms with van der Waals surface area (Å²) in [4.78, 5) is 19.8. The van der Waals surface area contributed by atoms with Gasteiger partial charge in [-0.1, -0.05) is 48.8 Å². The van der Waals surface area contributed by atoms with E-state index in [0.717, 1.165) is 34.6 Å². The number of anilines is 1. The first-order chi connectivity index (χ1) is 16.1. The number of nitrogens with one attached hydrogen (secondary N) is 1. The summed E-state index contributed by atoms with van der Waals surface area (Å²) in [5.41, 5.74) is 3.96. The largest absolute Gasteiger partial charge is 0.494 e. The normalized spacial score (nSPS) is 14.7. The van der Waals surface area contributed by atoms with Gasteiger partial charge in [-0.05, 0) is 55.1 Å². The van der Waals surface area contributed by atoms with E-state index < -0.39 is 0 Å². The van der Waals surface area contributed by atoms with Gasteiger partial charge >= 0.3 is 0 Å². The molecule has 0 unspecified atom stereocenters. The predicted octanol–water partition coefficient (Wildman–Crippen LogP) is 5.68. The average molecular weight is 468 g/mol. The Labute approximate surface area is 199 Å². The van der Waals surface area contributed by atoms with Crippen molar-refractivity contribution in [2.75, 3.05) is 39.7 Å². The second kappa shape index (κ2) is 11.1. The van der Waals surface area contributed by atoms with Crippen molar-refractivity contribution in [3.8, 4) is 5.75 Å². The first kappa shape index (κ1) is 23.7. The van der Waals surface area contributed by atoms with Gasteiger partial charge in [0.15, 0.2) is 5.13 Å². The molecule has 0 saturated heterocycles. The maximum Gasteiger partial charge on any atom is 0.257 e. The van der Waals surface area contributed by atoms with Gasteiger partial charge in [0, 0.05) is 25.8 Å². The van der Waals surface area contributed by atoms with Crippen LogP contribution in [0.3, 0.4) is 0 Å². The molecular weight excluding hydrogens is 434 g/mol. The summed E-state index contributed by atoms with van der Waals surface area (Å²) in [6, 6.07) is 11.9. The number of rotatable bonds is 9. The van der Waals surface area contributed by atoms with Crippen LogP contribution in [0.1, 0.15) is 59.5 Å². The lowest BCUT2D eigenvalue weighted by molar-refractivity contribution is 0.102. The molecule has 1 aliphatic rings. The Bertz CT molecular complexity index is 1070. The molecule has 176 valence electrons. The number of benzene rings is 2. The van der Waals surface area contributed by atoms with Crippen molar-refractivity contribution in [2.45, 2.75) is 44.6 Å². The van der Waals surface area contributed by atoms with Crippen LogP contribution < -0.4 is 10.1 Å². The van der Waals surface area contributed by atoms with Gasteiger partial charge in [-0.15, -0.1) is 0 Å². The average Bonchev–Trinajstić information content (AvgIpc) is 3.26. The van der Waals surface area contributed by atoms with Gasteiger partial charge in [-0.3, -0.25) is 15.0 Å². The second-order valence-corrected chi connectivity index (χ2v) is 9.77. The summed E-state index contributed by atoms with van der Waals surface area (Å²) in [5, 5.41) is 3.61. The highest BCUT2D eigenvalue weighted by atomic mass is 32.1. The van der Waals surface area contributed by atoms with Crippen molar-refractivity contribution in [1.29, 1.82) is 0 Å². The van der Waals surface area contributed by atoms with Crippen molar-refractivity contribution in [1.82, 2.24) is 9.88 Å². The molecule has 4 rings (SSSR count). The van der Waals surface area contributed by atoms with E-state index in [1.54, 1.807) is 25.6 Å². The SMILES string of the molecule is COCCN(C)Cc1ccc(C(=O)Nc2nc3c(OC)ccc(C4CCCCC4)c3s2)cc1. The number of fused-ring (bicyclic) bond motifs is 1. The fourth-order valence-corrected chi connectivity index (χ4v) is 5.59. The number of methoxy groups -OCH3 is 2. The van der Waals surface area contributed by atoms with Crippen LogP contribution in [0.15, 0.2) is 36.4 Å². The van der Waals surface area contributed by atoms with Crippen molar-refractivity contribution in [3.63, 3.8) is 0 Å². The molecule has 0 atom stereocenters. The van der Waals surface area contributed by atoms with Crippen LogP contribution in [0.4, 0.5) is 5.13 Å². The minimum absolute atomic E-state index is 0.147. The lowest BCUT2D eigenvalue weighted by Gasteiger charge is -2.22. The molecule has 1 aliphatic carbocycles. The number of thiazole rings is 1. The summed E-state index contributed by atoms with van der Waals surface area (Å²) in [6.07, 6.45) is 6.31. The Morgan fingerprint density at radius 1 is 1.12 bits per heavy atom. The number of hydrogen-bond donors (Lipinski definition) is 1. The minimum atomic E-state index is -0.147. The zero-order valence-electron chi connectivity index (χ0n) is 19.7. The molecule has 2 aromatic carbocycles. The van der Waals surface area contributed by atoms with E-state index in [1.807, 2.05) is 30.3 Å². The molecule has 0 radical (unpaired) electrons. The molecular formula is C26H33N3O3S. The third-order valence-electron chi connectivity index (χ3n) is 6.37. The maximum atomic E-state index is 12.9. The molecule has 1 fully saturated rings. The summed E-state index contributed by atoms with van der Waals surface area (Å²) in [5.74, 6) is 1.17. The maximum absolute atomic E-state index is 12.9. The highest BCUT2D eigenvalue weighted by Gasteiger charge is 2.22. The lowest BCUT2D eigenvalue weighted by atomic mass is 9.84. The Morgan fingerprint density at radius 2 is 1.88 bits per heavy atom. The van der Waals surface area contributed by atoms with Crippen molar-refractivity contribution in [3.05, 3.63) is 53.1 Å². The Balaban J connectivity index is 1.49. The highest BCUT2D eigenvalue weighted by Crippen LogP contribution is 2.42. The van der Waals surface area contributed by atoms with Crippen molar-refractivity contribution >= 4 is 32.6 Å². The van der Waals surface area contributed by atoms with E-state index >= 15 is 0 Å². The number of carbonyl (C=O) groups excluding carboxylic acids is 1. The van der Waals surface area contributed by atoms with E-state index in [4.69, 9.17) is 14.5 Å². The van der Waals surface area contributed by atoms with Gasteiger partial charge in [0.25, 0.3) is 5.91 Å². The summed E-state index contributed by atoms with van der Waals surface area (Å²) in [7, 11) is 5.43. The van der Waals surface area contributed by atoms with Crippen LogP contribution in [0.2, 0.25) is 0 Å². The molecule has 33 heavy (non-hydrogen) atoms. The van der Waals surface area contributed by atoms with Crippen LogP contribution in [0.5, 0.6) is 5.75 Å². The molecule has 3 aromatic rings. The zero-order valence-corrected chi connectivity index (χ0v) is 20.5. The number of amides is 1. The van der Waals surface area contributed by atoms with Crippen molar-refractivity contribution < 1.29 is 14.3 Å². The number of aromatic nitrogens is 1. The molecule has 1 aromatic heterocycles. The van der Waals surface area contributed by atoms with E-state index in [9.17, 15) is 4.79 Å². The third-order valence-corrected chi connectivity index (χ3v) is 7.39. The van der Waals surface area contributed by atoms with E-state index in [2.05, 4.69) is 23.3 Å². The third kappa shape index (κ3) is 5.72. The monoisotopic (exact) mass is 467 g/mol.